The minimum atomic E-state index is 0.125. The maximum Gasteiger partial charge on any atom is 0.170 e. The first-order valence-electron chi connectivity index (χ1n) is 6.33. The Balaban J connectivity index is 1.93. The second-order valence-corrected chi connectivity index (χ2v) is 4.50. The van der Waals surface area contributed by atoms with E-state index in [1.165, 1.54) is 0 Å². The summed E-state index contributed by atoms with van der Waals surface area (Å²) in [6, 6.07) is 9.65. The van der Waals surface area contributed by atoms with Crippen LogP contribution in [0.2, 0.25) is 0 Å². The number of hydrogen-bond acceptors (Lipinski definition) is 3. The van der Waals surface area contributed by atoms with Crippen molar-refractivity contribution in [2.45, 2.75) is 13.1 Å². The highest BCUT2D eigenvalue weighted by Gasteiger charge is 2.08. The van der Waals surface area contributed by atoms with Gasteiger partial charge < -0.3 is 15.5 Å². The Hall–Kier alpha value is -2.76. The minimum absolute atomic E-state index is 0.125. The lowest BCUT2D eigenvalue weighted by atomic mass is 10.1. The summed E-state index contributed by atoms with van der Waals surface area (Å²) in [6.45, 7) is 1.61. The summed E-state index contributed by atoms with van der Waals surface area (Å²) in [5, 5.41) is 17.1. The van der Waals surface area contributed by atoms with Crippen molar-refractivity contribution in [2.24, 2.45) is 10.9 Å². The Morgan fingerprint density at radius 2 is 2.10 bits per heavy atom. The number of aryl methyl sites for hydroxylation is 2. The van der Waals surface area contributed by atoms with Crippen LogP contribution < -0.4 is 5.73 Å². The number of hydrogen-bond donors (Lipinski definition) is 2. The van der Waals surface area contributed by atoms with Crippen LogP contribution in [0.25, 0.3) is 10.9 Å². The Morgan fingerprint density at radius 1 is 1.20 bits per heavy atom. The van der Waals surface area contributed by atoms with Crippen LogP contribution in [-0.4, -0.2) is 25.4 Å². The van der Waals surface area contributed by atoms with Crippen LogP contribution in [0.3, 0.4) is 0 Å². The normalized spacial score (nSPS) is 12.1. The van der Waals surface area contributed by atoms with E-state index in [-0.39, 0.29) is 5.84 Å². The van der Waals surface area contributed by atoms with Crippen LogP contribution in [0.1, 0.15) is 5.56 Å². The standard InChI is InChI=1S/C14H15N5O/c15-14(17-20)12-3-1-4-13-11(12)5-8-18(13)9-10-19-7-2-6-16-19/h1-8,20H,9-10H2,(H2,15,17). The number of nitrogens with zero attached hydrogens (tertiary/aromatic N) is 4. The van der Waals surface area contributed by atoms with Crippen molar-refractivity contribution in [2.75, 3.05) is 0 Å². The molecular formula is C14H15N5O. The molecule has 0 aliphatic carbocycles. The van der Waals surface area contributed by atoms with Crippen molar-refractivity contribution in [1.82, 2.24) is 14.3 Å². The largest absolute Gasteiger partial charge is 0.409 e. The molecule has 1 aromatic carbocycles. The molecule has 3 aromatic rings. The second-order valence-electron chi connectivity index (χ2n) is 4.50. The fourth-order valence-corrected chi connectivity index (χ4v) is 2.34. The Labute approximate surface area is 115 Å². The number of fused-ring (bicyclic) bond motifs is 1. The zero-order valence-electron chi connectivity index (χ0n) is 10.8. The predicted octanol–water partition coefficient (Wildman–Crippen LogP) is 1.63. The van der Waals surface area contributed by atoms with E-state index >= 15 is 0 Å². The van der Waals surface area contributed by atoms with Gasteiger partial charge in [0.25, 0.3) is 0 Å². The van der Waals surface area contributed by atoms with Crippen molar-refractivity contribution in [1.29, 1.82) is 0 Å². The van der Waals surface area contributed by atoms with Crippen LogP contribution in [0, 0.1) is 0 Å². The summed E-state index contributed by atoms with van der Waals surface area (Å²) in [5.41, 5.74) is 7.49. The van der Waals surface area contributed by atoms with Crippen molar-refractivity contribution in [3.8, 4) is 0 Å². The third-order valence-corrected chi connectivity index (χ3v) is 3.33. The lowest BCUT2D eigenvalue weighted by Crippen LogP contribution is -2.13. The average Bonchev–Trinajstić information content (AvgIpc) is 3.13. The first-order chi connectivity index (χ1) is 9.79. The molecule has 20 heavy (non-hydrogen) atoms. The van der Waals surface area contributed by atoms with Gasteiger partial charge in [0.2, 0.25) is 0 Å². The molecule has 0 spiro atoms. The highest BCUT2D eigenvalue weighted by molar-refractivity contribution is 6.08. The van der Waals surface area contributed by atoms with Crippen molar-refractivity contribution in [3.63, 3.8) is 0 Å². The average molecular weight is 269 g/mol. The van der Waals surface area contributed by atoms with E-state index in [0.717, 1.165) is 29.6 Å². The van der Waals surface area contributed by atoms with Gasteiger partial charge in [-0.2, -0.15) is 5.10 Å². The molecule has 6 heteroatoms. The monoisotopic (exact) mass is 269 g/mol. The van der Waals surface area contributed by atoms with Gasteiger partial charge >= 0.3 is 0 Å². The first kappa shape index (κ1) is 12.3. The van der Waals surface area contributed by atoms with E-state index < -0.39 is 0 Å². The molecule has 3 N–H and O–H groups in total. The molecule has 0 fully saturated rings. The van der Waals surface area contributed by atoms with Gasteiger partial charge in [-0.1, -0.05) is 17.3 Å². The molecule has 0 unspecified atom stereocenters. The van der Waals surface area contributed by atoms with Crippen LogP contribution in [0.15, 0.2) is 54.1 Å². The molecule has 6 nitrogen and oxygen atoms in total. The maximum absolute atomic E-state index is 8.83. The molecule has 2 aromatic heterocycles. The SMILES string of the molecule is N/C(=N/O)c1cccc2c1ccn2CCn1cccn1. The predicted molar refractivity (Wildman–Crippen MR) is 76.7 cm³/mol. The van der Waals surface area contributed by atoms with Crippen molar-refractivity contribution < 1.29 is 5.21 Å². The zero-order valence-corrected chi connectivity index (χ0v) is 10.8. The van der Waals surface area contributed by atoms with Crippen molar-refractivity contribution >= 4 is 16.7 Å². The molecule has 0 radical (unpaired) electrons. The Morgan fingerprint density at radius 3 is 2.85 bits per heavy atom. The van der Waals surface area contributed by atoms with E-state index in [4.69, 9.17) is 10.9 Å². The minimum Gasteiger partial charge on any atom is -0.409 e. The summed E-state index contributed by atoms with van der Waals surface area (Å²) in [7, 11) is 0. The summed E-state index contributed by atoms with van der Waals surface area (Å²) in [4.78, 5) is 0. The summed E-state index contributed by atoms with van der Waals surface area (Å²) in [6.07, 6.45) is 5.71. The van der Waals surface area contributed by atoms with Gasteiger partial charge in [0, 0.05) is 41.6 Å². The summed E-state index contributed by atoms with van der Waals surface area (Å²) in [5.74, 6) is 0.125. The van der Waals surface area contributed by atoms with E-state index in [1.807, 2.05) is 47.4 Å². The van der Waals surface area contributed by atoms with Crippen LogP contribution >= 0.6 is 0 Å². The van der Waals surface area contributed by atoms with E-state index in [9.17, 15) is 0 Å². The number of rotatable bonds is 4. The molecule has 0 atom stereocenters. The van der Waals surface area contributed by atoms with Crippen molar-refractivity contribution in [3.05, 3.63) is 54.5 Å². The smallest absolute Gasteiger partial charge is 0.170 e. The van der Waals surface area contributed by atoms with Gasteiger partial charge in [0.05, 0.1) is 6.54 Å². The molecular weight excluding hydrogens is 254 g/mol. The summed E-state index contributed by atoms with van der Waals surface area (Å²) < 4.78 is 4.02. The quantitative estimate of drug-likeness (QED) is 0.327. The summed E-state index contributed by atoms with van der Waals surface area (Å²) >= 11 is 0. The molecule has 0 bridgehead atoms. The molecule has 0 amide bonds. The molecule has 2 heterocycles. The van der Waals surface area contributed by atoms with Crippen LogP contribution in [0.4, 0.5) is 0 Å². The fraction of sp³-hybridized carbons (Fsp3) is 0.143. The van der Waals surface area contributed by atoms with Crippen LogP contribution in [0.5, 0.6) is 0 Å². The molecule has 0 saturated carbocycles. The Kier molecular flexibility index (Phi) is 3.12. The molecule has 102 valence electrons. The lowest BCUT2D eigenvalue weighted by molar-refractivity contribution is 0.318. The molecule has 0 aliphatic heterocycles. The van der Waals surface area contributed by atoms with Gasteiger partial charge in [-0.15, -0.1) is 0 Å². The van der Waals surface area contributed by atoms with Gasteiger partial charge in [-0.25, -0.2) is 0 Å². The molecule has 0 saturated heterocycles. The lowest BCUT2D eigenvalue weighted by Gasteiger charge is -2.07. The maximum atomic E-state index is 8.83. The second kappa shape index (κ2) is 5.08. The molecule has 3 rings (SSSR count). The van der Waals surface area contributed by atoms with E-state index in [2.05, 4.69) is 14.8 Å². The highest BCUT2D eigenvalue weighted by atomic mass is 16.4. The van der Waals surface area contributed by atoms with E-state index in [1.54, 1.807) is 6.20 Å². The topological polar surface area (TPSA) is 81.4 Å². The number of oxime groups is 1. The van der Waals surface area contributed by atoms with Gasteiger partial charge in [-0.05, 0) is 18.2 Å². The van der Waals surface area contributed by atoms with Gasteiger partial charge in [-0.3, -0.25) is 4.68 Å². The highest BCUT2D eigenvalue weighted by Crippen LogP contribution is 2.20. The fourth-order valence-electron chi connectivity index (χ4n) is 2.34. The third kappa shape index (κ3) is 2.11. The third-order valence-electron chi connectivity index (χ3n) is 3.33. The number of amidine groups is 1. The number of nitrogens with two attached hydrogens (primary N) is 1. The number of benzene rings is 1. The van der Waals surface area contributed by atoms with Gasteiger partial charge in [0.15, 0.2) is 5.84 Å². The first-order valence-corrected chi connectivity index (χ1v) is 6.33. The number of aromatic nitrogens is 3. The van der Waals surface area contributed by atoms with E-state index in [0.29, 0.717) is 0 Å². The van der Waals surface area contributed by atoms with Gasteiger partial charge in [0.1, 0.15) is 0 Å². The molecule has 0 aliphatic rings. The zero-order chi connectivity index (χ0) is 13.9. The Bertz CT molecular complexity index is 742. The van der Waals surface area contributed by atoms with Crippen LogP contribution in [-0.2, 0) is 13.1 Å².